The number of nitrogens with one attached hydrogen (secondary N) is 2. The van der Waals surface area contributed by atoms with Crippen LogP contribution >= 0.6 is 24.0 Å². The van der Waals surface area contributed by atoms with Crippen molar-refractivity contribution in [2.75, 3.05) is 47.4 Å². The van der Waals surface area contributed by atoms with Crippen LogP contribution in [0.3, 0.4) is 0 Å². The lowest BCUT2D eigenvalue weighted by Gasteiger charge is -2.19. The van der Waals surface area contributed by atoms with Crippen LogP contribution in [0.4, 0.5) is 0 Å². The Morgan fingerprint density at radius 2 is 1.97 bits per heavy atom. The highest BCUT2D eigenvalue weighted by atomic mass is 127. The molecule has 2 N–H and O–H groups in total. The Labute approximate surface area is 196 Å². The second-order valence-electron chi connectivity index (χ2n) is 7.30. The average molecular weight is 531 g/mol. The van der Waals surface area contributed by atoms with Crippen LogP contribution in [0.15, 0.2) is 29.3 Å². The molecule has 1 aromatic carbocycles. The Morgan fingerprint density at radius 1 is 1.27 bits per heavy atom. The highest BCUT2D eigenvalue weighted by Crippen LogP contribution is 2.12. The van der Waals surface area contributed by atoms with Gasteiger partial charge >= 0.3 is 0 Å². The van der Waals surface area contributed by atoms with Crippen molar-refractivity contribution in [2.24, 2.45) is 4.99 Å². The molecule has 1 fully saturated rings. The van der Waals surface area contributed by atoms with E-state index < -0.39 is 0 Å². The topological polar surface area (TPSA) is 86.3 Å². The summed E-state index contributed by atoms with van der Waals surface area (Å²) in [5, 5.41) is 6.69. The number of carbonyl (C=O) groups excluding carboxylic acids is 2. The molecule has 30 heavy (non-hydrogen) atoms. The molecule has 2 rings (SSSR count). The number of hydrogen-bond donors (Lipinski definition) is 2. The van der Waals surface area contributed by atoms with E-state index in [1.807, 2.05) is 36.1 Å². The molecule has 0 aliphatic carbocycles. The summed E-state index contributed by atoms with van der Waals surface area (Å²) in [6, 6.07) is 8.08. The average Bonchev–Trinajstić information content (AvgIpc) is 3.19. The molecule has 0 radical (unpaired) electrons. The highest BCUT2D eigenvalue weighted by molar-refractivity contribution is 14.0. The Kier molecular flexibility index (Phi) is 11.5. The lowest BCUT2D eigenvalue weighted by Crippen LogP contribution is -2.46. The lowest BCUT2D eigenvalue weighted by atomic mass is 10.1. The molecule has 0 aromatic heterocycles. The minimum Gasteiger partial charge on any atom is -0.497 e. The fourth-order valence-corrected chi connectivity index (χ4v) is 3.08. The van der Waals surface area contributed by atoms with Crippen LogP contribution in [0.25, 0.3) is 0 Å². The first-order valence-electron chi connectivity index (χ1n) is 10.1. The summed E-state index contributed by atoms with van der Waals surface area (Å²) in [5.41, 5.74) is 1.18. The number of likely N-dealkylation sites (tertiary alicyclic amines) is 1. The zero-order valence-electron chi connectivity index (χ0n) is 18.3. The molecular formula is C21H34IN5O3. The van der Waals surface area contributed by atoms with Crippen LogP contribution < -0.4 is 15.4 Å². The van der Waals surface area contributed by atoms with E-state index in [0.29, 0.717) is 25.5 Å². The number of aliphatic imine (C=N–C) groups is 1. The van der Waals surface area contributed by atoms with Crippen molar-refractivity contribution in [1.29, 1.82) is 0 Å². The highest BCUT2D eigenvalue weighted by Gasteiger charge is 2.25. The third-order valence-corrected chi connectivity index (χ3v) is 4.92. The molecule has 8 nitrogen and oxygen atoms in total. The molecule has 1 aromatic rings. The summed E-state index contributed by atoms with van der Waals surface area (Å²) in [4.78, 5) is 31.7. The van der Waals surface area contributed by atoms with Crippen molar-refractivity contribution in [3.63, 3.8) is 0 Å². The SMILES string of the molecule is CCC(=O)N1CCC(NC(=NCC(=O)N(C)C)NCCc2ccc(OC)cc2)C1.I. The number of benzene rings is 1. The summed E-state index contributed by atoms with van der Waals surface area (Å²) in [5.74, 6) is 1.54. The van der Waals surface area contributed by atoms with Gasteiger partial charge in [-0.05, 0) is 30.5 Å². The number of hydrogen-bond acceptors (Lipinski definition) is 4. The largest absolute Gasteiger partial charge is 0.497 e. The first-order chi connectivity index (χ1) is 13.9. The maximum atomic E-state index is 11.9. The molecule has 0 bridgehead atoms. The van der Waals surface area contributed by atoms with Gasteiger partial charge < -0.3 is 25.2 Å². The number of halogens is 1. The Bertz CT molecular complexity index is 709. The van der Waals surface area contributed by atoms with Gasteiger partial charge in [-0.2, -0.15) is 0 Å². The molecule has 0 saturated carbocycles. The van der Waals surface area contributed by atoms with Crippen molar-refractivity contribution in [2.45, 2.75) is 32.2 Å². The lowest BCUT2D eigenvalue weighted by molar-refractivity contribution is -0.130. The van der Waals surface area contributed by atoms with Crippen LogP contribution in [0.5, 0.6) is 5.75 Å². The molecule has 0 spiro atoms. The fourth-order valence-electron chi connectivity index (χ4n) is 3.08. The van der Waals surface area contributed by atoms with Crippen LogP contribution in [-0.4, -0.2) is 81.0 Å². The molecule has 9 heteroatoms. The van der Waals surface area contributed by atoms with Gasteiger partial charge in [-0.1, -0.05) is 19.1 Å². The monoisotopic (exact) mass is 531 g/mol. The Hall–Kier alpha value is -2.04. The zero-order chi connectivity index (χ0) is 21.2. The molecule has 1 heterocycles. The van der Waals surface area contributed by atoms with Crippen molar-refractivity contribution < 1.29 is 14.3 Å². The minimum absolute atomic E-state index is 0. The number of likely N-dealkylation sites (N-methyl/N-ethyl adjacent to an activating group) is 1. The van der Waals surface area contributed by atoms with E-state index in [2.05, 4.69) is 15.6 Å². The quantitative estimate of drug-likeness (QED) is 0.302. The molecule has 1 aliphatic heterocycles. The van der Waals surface area contributed by atoms with Gasteiger partial charge in [0.25, 0.3) is 0 Å². The van der Waals surface area contributed by atoms with Gasteiger partial charge in [-0.25, -0.2) is 4.99 Å². The summed E-state index contributed by atoms with van der Waals surface area (Å²) < 4.78 is 5.18. The first-order valence-corrected chi connectivity index (χ1v) is 10.1. The van der Waals surface area contributed by atoms with Gasteiger partial charge in [-0.15, -0.1) is 24.0 Å². The van der Waals surface area contributed by atoms with Gasteiger partial charge in [0.05, 0.1) is 7.11 Å². The zero-order valence-corrected chi connectivity index (χ0v) is 20.6. The molecule has 1 unspecified atom stereocenters. The minimum atomic E-state index is -0.0598. The van der Waals surface area contributed by atoms with Gasteiger partial charge in [0, 0.05) is 46.2 Å². The number of methoxy groups -OCH3 is 1. The van der Waals surface area contributed by atoms with Crippen molar-refractivity contribution in [3.05, 3.63) is 29.8 Å². The van der Waals surface area contributed by atoms with E-state index in [1.165, 1.54) is 10.5 Å². The van der Waals surface area contributed by atoms with E-state index in [4.69, 9.17) is 4.74 Å². The fraction of sp³-hybridized carbons (Fsp3) is 0.571. The number of nitrogens with zero attached hydrogens (tertiary/aromatic N) is 3. The van der Waals surface area contributed by atoms with Gasteiger partial charge in [0.15, 0.2) is 5.96 Å². The first kappa shape index (κ1) is 26.0. The molecule has 1 saturated heterocycles. The number of carbonyl (C=O) groups is 2. The predicted molar refractivity (Wildman–Crippen MR) is 130 cm³/mol. The standard InChI is InChI=1S/C21H33N5O3.HI/c1-5-19(27)26-13-11-17(15-26)24-21(23-14-20(28)25(2)3)22-12-10-16-6-8-18(29-4)9-7-16;/h6-9,17H,5,10-15H2,1-4H3,(H2,22,23,24);1H. The van der Waals surface area contributed by atoms with Gasteiger partial charge in [0.1, 0.15) is 12.3 Å². The van der Waals surface area contributed by atoms with E-state index in [9.17, 15) is 9.59 Å². The number of rotatable bonds is 8. The number of guanidine groups is 1. The number of ether oxygens (including phenoxy) is 1. The van der Waals surface area contributed by atoms with Gasteiger partial charge in [-0.3, -0.25) is 9.59 Å². The third-order valence-electron chi connectivity index (χ3n) is 4.92. The van der Waals surface area contributed by atoms with E-state index in [-0.39, 0.29) is 48.4 Å². The third kappa shape index (κ3) is 8.37. The van der Waals surface area contributed by atoms with Crippen molar-refractivity contribution in [3.8, 4) is 5.75 Å². The maximum absolute atomic E-state index is 11.9. The van der Waals surface area contributed by atoms with Crippen molar-refractivity contribution in [1.82, 2.24) is 20.4 Å². The molecule has 2 amide bonds. The van der Waals surface area contributed by atoms with Crippen LogP contribution in [0.2, 0.25) is 0 Å². The predicted octanol–water partition coefficient (Wildman–Crippen LogP) is 1.49. The van der Waals surface area contributed by atoms with Crippen molar-refractivity contribution >= 4 is 41.8 Å². The Balaban J connectivity index is 0.00000450. The molecule has 1 aliphatic rings. The van der Waals surface area contributed by atoms with Crippen LogP contribution in [0, 0.1) is 0 Å². The summed E-state index contributed by atoms with van der Waals surface area (Å²) >= 11 is 0. The second-order valence-corrected chi connectivity index (χ2v) is 7.30. The second kappa shape index (κ2) is 13.3. The number of amides is 2. The summed E-state index contributed by atoms with van der Waals surface area (Å²) in [6.07, 6.45) is 2.20. The van der Waals surface area contributed by atoms with E-state index in [1.54, 1.807) is 21.2 Å². The molecule has 168 valence electrons. The molecular weight excluding hydrogens is 497 g/mol. The summed E-state index contributed by atoms with van der Waals surface area (Å²) in [6.45, 7) is 4.05. The molecule has 1 atom stereocenters. The van der Waals surface area contributed by atoms with Crippen LogP contribution in [-0.2, 0) is 16.0 Å². The normalized spacial score (nSPS) is 15.9. The van der Waals surface area contributed by atoms with Gasteiger partial charge in [0.2, 0.25) is 11.8 Å². The van der Waals surface area contributed by atoms with E-state index in [0.717, 1.165) is 25.1 Å². The maximum Gasteiger partial charge on any atom is 0.243 e. The summed E-state index contributed by atoms with van der Waals surface area (Å²) in [7, 11) is 5.08. The van der Waals surface area contributed by atoms with Crippen LogP contribution in [0.1, 0.15) is 25.3 Å². The Morgan fingerprint density at radius 3 is 2.57 bits per heavy atom. The smallest absolute Gasteiger partial charge is 0.243 e. The van der Waals surface area contributed by atoms with E-state index >= 15 is 0 Å².